The zero-order chi connectivity index (χ0) is 21.6. The number of carbonyl (C=O) groups excluding carboxylic acids is 2. The van der Waals surface area contributed by atoms with E-state index in [4.69, 9.17) is 27.9 Å². The largest absolute Gasteiger partial charge is 0.495 e. The van der Waals surface area contributed by atoms with Gasteiger partial charge in [0.2, 0.25) is 5.91 Å². The van der Waals surface area contributed by atoms with Crippen molar-refractivity contribution in [1.82, 2.24) is 0 Å². The Bertz CT molecular complexity index is 1070. The Morgan fingerprint density at radius 2 is 1.77 bits per heavy atom. The molecule has 1 amide bonds. The van der Waals surface area contributed by atoms with Gasteiger partial charge < -0.3 is 4.74 Å². The fourth-order valence-corrected chi connectivity index (χ4v) is 5.05. The molecular formula is C24H23Cl2NO3. The molecule has 0 aromatic heterocycles. The molecule has 1 aliphatic carbocycles. The van der Waals surface area contributed by atoms with E-state index in [2.05, 4.69) is 13.8 Å². The lowest BCUT2D eigenvalue weighted by Gasteiger charge is -2.43. The molecule has 0 spiro atoms. The van der Waals surface area contributed by atoms with Crippen LogP contribution in [0.15, 0.2) is 53.7 Å². The van der Waals surface area contributed by atoms with E-state index in [1.54, 1.807) is 36.3 Å². The van der Waals surface area contributed by atoms with Crippen molar-refractivity contribution >= 4 is 40.6 Å². The van der Waals surface area contributed by atoms with Gasteiger partial charge in [-0.1, -0.05) is 55.2 Å². The van der Waals surface area contributed by atoms with Crippen LogP contribution in [0.1, 0.15) is 44.6 Å². The van der Waals surface area contributed by atoms with Crippen molar-refractivity contribution in [2.75, 3.05) is 12.0 Å². The van der Waals surface area contributed by atoms with E-state index < -0.39 is 0 Å². The van der Waals surface area contributed by atoms with E-state index in [9.17, 15) is 9.59 Å². The average Bonchev–Trinajstić information content (AvgIpc) is 2.66. The number of benzene rings is 2. The summed E-state index contributed by atoms with van der Waals surface area (Å²) in [7, 11) is 1.55. The topological polar surface area (TPSA) is 46.6 Å². The highest BCUT2D eigenvalue weighted by Crippen LogP contribution is 2.49. The summed E-state index contributed by atoms with van der Waals surface area (Å²) in [5.74, 6) is 0.191. The van der Waals surface area contributed by atoms with Crippen molar-refractivity contribution in [1.29, 1.82) is 0 Å². The summed E-state index contributed by atoms with van der Waals surface area (Å²) in [4.78, 5) is 28.4. The first-order valence-corrected chi connectivity index (χ1v) is 10.6. The summed E-state index contributed by atoms with van der Waals surface area (Å²) in [5, 5.41) is 0.986. The predicted molar refractivity (Wildman–Crippen MR) is 119 cm³/mol. The van der Waals surface area contributed by atoms with E-state index in [1.165, 1.54) is 0 Å². The molecule has 0 radical (unpaired) electrons. The number of halogens is 2. The van der Waals surface area contributed by atoms with Crippen LogP contribution in [0.3, 0.4) is 0 Å². The summed E-state index contributed by atoms with van der Waals surface area (Å²) in [6.07, 6.45) is 1.24. The predicted octanol–water partition coefficient (Wildman–Crippen LogP) is 6.17. The van der Waals surface area contributed by atoms with E-state index in [0.717, 1.165) is 11.3 Å². The van der Waals surface area contributed by atoms with Crippen molar-refractivity contribution in [3.8, 4) is 5.75 Å². The van der Waals surface area contributed by atoms with Gasteiger partial charge >= 0.3 is 0 Å². The number of amides is 1. The van der Waals surface area contributed by atoms with Crippen molar-refractivity contribution in [2.45, 2.75) is 39.0 Å². The van der Waals surface area contributed by atoms with Crippen molar-refractivity contribution in [2.24, 2.45) is 5.41 Å². The summed E-state index contributed by atoms with van der Waals surface area (Å²) >= 11 is 12.8. The van der Waals surface area contributed by atoms with Gasteiger partial charge in [-0.2, -0.15) is 0 Å². The quantitative estimate of drug-likeness (QED) is 0.569. The molecule has 0 bridgehead atoms. The number of ether oxygens (including phenoxy) is 1. The minimum absolute atomic E-state index is 0.0725. The van der Waals surface area contributed by atoms with Gasteiger partial charge in [0.25, 0.3) is 0 Å². The third-order valence-corrected chi connectivity index (χ3v) is 6.46. The van der Waals surface area contributed by atoms with Crippen LogP contribution in [0.25, 0.3) is 0 Å². The number of hydrogen-bond acceptors (Lipinski definition) is 3. The third kappa shape index (κ3) is 3.63. The lowest BCUT2D eigenvalue weighted by molar-refractivity contribution is -0.121. The molecule has 0 saturated carbocycles. The normalized spacial score (nSPS) is 21.0. The zero-order valence-corrected chi connectivity index (χ0v) is 18.7. The highest BCUT2D eigenvalue weighted by atomic mass is 35.5. The molecule has 1 unspecified atom stereocenters. The molecule has 2 aliphatic rings. The Hall–Kier alpha value is -2.30. The molecule has 2 aromatic rings. The number of Topliss-reactive ketones (excluding diaryl/α,β-unsaturated/α-hetero) is 1. The van der Waals surface area contributed by atoms with Crippen LogP contribution in [0, 0.1) is 5.41 Å². The maximum atomic E-state index is 13.4. The van der Waals surface area contributed by atoms with E-state index in [0.29, 0.717) is 39.9 Å². The summed E-state index contributed by atoms with van der Waals surface area (Å²) in [6.45, 7) is 4.11. The minimum atomic E-state index is -0.338. The molecule has 30 heavy (non-hydrogen) atoms. The number of allylic oxidation sites excluding steroid dienone is 2. The van der Waals surface area contributed by atoms with Crippen LogP contribution in [-0.2, 0) is 9.59 Å². The summed E-state index contributed by atoms with van der Waals surface area (Å²) in [5.41, 5.74) is 2.65. The number of carbonyl (C=O) groups is 2. The van der Waals surface area contributed by atoms with Crippen LogP contribution >= 0.6 is 23.2 Å². The first kappa shape index (κ1) is 21.0. The zero-order valence-electron chi connectivity index (χ0n) is 17.2. The standard InChI is InChI=1S/C24H23Cl2NO3/c1-24(2)12-19-23(20(28)13-24)16(15-6-4-5-7-17(15)25)11-22(29)27(19)14-8-9-21(30-3)18(26)10-14/h4-10,16H,11-13H2,1-3H3. The fourth-order valence-electron chi connectivity index (χ4n) is 4.53. The molecule has 0 fully saturated rings. The van der Waals surface area contributed by atoms with Crippen molar-refractivity contribution in [3.63, 3.8) is 0 Å². The van der Waals surface area contributed by atoms with Crippen LogP contribution in [-0.4, -0.2) is 18.8 Å². The number of anilines is 1. The monoisotopic (exact) mass is 443 g/mol. The molecule has 156 valence electrons. The van der Waals surface area contributed by atoms with Gasteiger partial charge in [-0.05, 0) is 41.7 Å². The Labute approximate surface area is 186 Å². The molecule has 1 aliphatic heterocycles. The van der Waals surface area contributed by atoms with E-state index >= 15 is 0 Å². The second-order valence-electron chi connectivity index (χ2n) is 8.63. The molecule has 0 N–H and O–H groups in total. The fraction of sp³-hybridized carbons (Fsp3) is 0.333. The molecule has 1 heterocycles. The van der Waals surface area contributed by atoms with Crippen LogP contribution in [0.5, 0.6) is 5.75 Å². The number of nitrogens with zero attached hydrogens (tertiary/aromatic N) is 1. The molecule has 2 aromatic carbocycles. The molecule has 1 atom stereocenters. The third-order valence-electron chi connectivity index (χ3n) is 5.82. The van der Waals surface area contributed by atoms with Gasteiger partial charge in [0.1, 0.15) is 5.75 Å². The lowest BCUT2D eigenvalue weighted by atomic mass is 9.69. The van der Waals surface area contributed by atoms with Gasteiger partial charge in [0.15, 0.2) is 5.78 Å². The number of rotatable bonds is 3. The van der Waals surface area contributed by atoms with Crippen LogP contribution < -0.4 is 9.64 Å². The summed E-state index contributed by atoms with van der Waals surface area (Å²) in [6, 6.07) is 12.7. The molecule has 6 heteroatoms. The molecule has 0 saturated heterocycles. The van der Waals surface area contributed by atoms with Crippen molar-refractivity contribution in [3.05, 3.63) is 69.3 Å². The van der Waals surface area contributed by atoms with Gasteiger partial charge in [-0.15, -0.1) is 0 Å². The molecule has 4 rings (SSSR count). The Kier molecular flexibility index (Phi) is 5.41. The Morgan fingerprint density at radius 3 is 2.43 bits per heavy atom. The van der Waals surface area contributed by atoms with Gasteiger partial charge in [-0.25, -0.2) is 0 Å². The maximum Gasteiger partial charge on any atom is 0.232 e. The maximum absolute atomic E-state index is 13.4. The minimum Gasteiger partial charge on any atom is -0.495 e. The molecular weight excluding hydrogens is 421 g/mol. The highest BCUT2D eigenvalue weighted by molar-refractivity contribution is 6.32. The first-order chi connectivity index (χ1) is 14.2. The second-order valence-corrected chi connectivity index (χ2v) is 9.44. The number of methoxy groups -OCH3 is 1. The number of hydrogen-bond donors (Lipinski definition) is 0. The van der Waals surface area contributed by atoms with Crippen molar-refractivity contribution < 1.29 is 14.3 Å². The number of ketones is 1. The SMILES string of the molecule is COc1ccc(N2C(=O)CC(c3ccccc3Cl)C3=C2CC(C)(C)CC3=O)cc1Cl. The van der Waals surface area contributed by atoms with Crippen LogP contribution in [0.2, 0.25) is 10.0 Å². The Balaban J connectivity index is 1.91. The molecule has 4 nitrogen and oxygen atoms in total. The van der Waals surface area contributed by atoms with Gasteiger partial charge in [-0.3, -0.25) is 14.5 Å². The van der Waals surface area contributed by atoms with Gasteiger partial charge in [0.05, 0.1) is 17.8 Å². The van der Waals surface area contributed by atoms with E-state index in [1.807, 2.05) is 18.2 Å². The lowest BCUT2D eigenvalue weighted by Crippen LogP contribution is -2.43. The second kappa shape index (κ2) is 7.75. The smallest absolute Gasteiger partial charge is 0.232 e. The highest BCUT2D eigenvalue weighted by Gasteiger charge is 2.44. The van der Waals surface area contributed by atoms with E-state index in [-0.39, 0.29) is 29.4 Å². The first-order valence-electron chi connectivity index (χ1n) is 9.89. The summed E-state index contributed by atoms with van der Waals surface area (Å²) < 4.78 is 5.24. The van der Waals surface area contributed by atoms with Crippen LogP contribution in [0.4, 0.5) is 5.69 Å². The Morgan fingerprint density at radius 1 is 1.03 bits per heavy atom. The average molecular weight is 444 g/mol. The van der Waals surface area contributed by atoms with Gasteiger partial charge in [0, 0.05) is 35.1 Å².